The lowest BCUT2D eigenvalue weighted by Gasteiger charge is -2.27. The molecule has 0 bridgehead atoms. The summed E-state index contributed by atoms with van der Waals surface area (Å²) in [6.45, 7) is 6.35. The third kappa shape index (κ3) is 3.11. The lowest BCUT2D eigenvalue weighted by molar-refractivity contribution is -0.945. The summed E-state index contributed by atoms with van der Waals surface area (Å²) in [5, 5.41) is 1.76. The normalized spacial score (nSPS) is 16.3. The van der Waals surface area contributed by atoms with Crippen molar-refractivity contribution in [2.24, 2.45) is 0 Å². The number of nitrogens with one attached hydrogen (secondary N) is 1. The van der Waals surface area contributed by atoms with Crippen LogP contribution in [0.5, 0.6) is 5.75 Å². The van der Waals surface area contributed by atoms with E-state index >= 15 is 0 Å². The molecule has 1 atom stereocenters. The second-order valence-electron chi connectivity index (χ2n) is 6.83. The van der Waals surface area contributed by atoms with Crippen LogP contribution in [0.3, 0.4) is 0 Å². The van der Waals surface area contributed by atoms with Crippen LogP contribution in [-0.4, -0.2) is 6.73 Å². The Bertz CT molecular complexity index is 1020. The molecule has 0 aliphatic carbocycles. The van der Waals surface area contributed by atoms with Gasteiger partial charge in [-0.1, -0.05) is 30.7 Å². The highest BCUT2D eigenvalue weighted by Gasteiger charge is 2.25. The molecule has 134 valence electrons. The van der Waals surface area contributed by atoms with Crippen molar-refractivity contribution >= 4 is 22.6 Å². The fraction of sp³-hybridized carbons (Fsp3) is 0.286. The van der Waals surface area contributed by atoms with E-state index in [0.717, 1.165) is 52.4 Å². The van der Waals surface area contributed by atoms with Gasteiger partial charge < -0.3 is 9.15 Å². The van der Waals surface area contributed by atoms with Crippen molar-refractivity contribution in [2.75, 3.05) is 6.73 Å². The molecule has 0 amide bonds. The predicted octanol–water partition coefficient (Wildman–Crippen LogP) is 3.25. The average Bonchev–Trinajstić information content (AvgIpc) is 2.64. The third-order valence-electron chi connectivity index (χ3n) is 4.99. The smallest absolute Gasteiger partial charge is 0.336 e. The fourth-order valence-corrected chi connectivity index (χ4v) is 3.82. The first-order valence-corrected chi connectivity index (χ1v) is 9.23. The molecule has 26 heavy (non-hydrogen) atoms. The first-order chi connectivity index (χ1) is 12.5. The standard InChI is InChI=1S/C21H20ClNO3/c1-3-15-9-19(24)26-21-13(2)20-16(8-18(15)21)11-23(12-25-20)10-14-4-6-17(22)7-5-14/h4-9H,3,10-12H2,1-2H3/p+1. The van der Waals surface area contributed by atoms with Gasteiger partial charge in [-0.3, -0.25) is 4.90 Å². The Morgan fingerprint density at radius 3 is 2.69 bits per heavy atom. The minimum absolute atomic E-state index is 0.303. The highest BCUT2D eigenvalue weighted by molar-refractivity contribution is 6.30. The topological polar surface area (TPSA) is 43.9 Å². The Morgan fingerprint density at radius 2 is 1.96 bits per heavy atom. The molecule has 1 aromatic heterocycles. The van der Waals surface area contributed by atoms with Crippen molar-refractivity contribution in [3.63, 3.8) is 0 Å². The number of quaternary nitrogens is 1. The predicted molar refractivity (Wildman–Crippen MR) is 102 cm³/mol. The van der Waals surface area contributed by atoms with Gasteiger partial charge in [0.05, 0.1) is 0 Å². The van der Waals surface area contributed by atoms with Gasteiger partial charge in [0.25, 0.3) is 0 Å². The van der Waals surface area contributed by atoms with Gasteiger partial charge in [-0.05, 0) is 37.1 Å². The summed E-state index contributed by atoms with van der Waals surface area (Å²) < 4.78 is 11.5. The molecular weight excluding hydrogens is 350 g/mol. The third-order valence-corrected chi connectivity index (χ3v) is 5.24. The molecule has 0 saturated carbocycles. The van der Waals surface area contributed by atoms with Crippen molar-refractivity contribution in [1.82, 2.24) is 0 Å². The number of halogens is 1. The van der Waals surface area contributed by atoms with E-state index in [0.29, 0.717) is 12.3 Å². The van der Waals surface area contributed by atoms with E-state index in [1.165, 1.54) is 10.5 Å². The average molecular weight is 371 g/mol. The number of hydrogen-bond acceptors (Lipinski definition) is 3. The zero-order valence-corrected chi connectivity index (χ0v) is 15.7. The van der Waals surface area contributed by atoms with Crippen LogP contribution in [0.4, 0.5) is 0 Å². The van der Waals surface area contributed by atoms with Gasteiger partial charge in [0.2, 0.25) is 6.73 Å². The van der Waals surface area contributed by atoms with Gasteiger partial charge in [0.15, 0.2) is 0 Å². The molecule has 0 saturated heterocycles. The molecule has 1 aliphatic rings. The lowest BCUT2D eigenvalue weighted by Crippen LogP contribution is -3.10. The van der Waals surface area contributed by atoms with E-state index in [9.17, 15) is 4.79 Å². The monoisotopic (exact) mass is 370 g/mol. The molecule has 3 aromatic rings. The molecule has 4 rings (SSSR count). The maximum Gasteiger partial charge on any atom is 0.336 e. The molecule has 2 heterocycles. The van der Waals surface area contributed by atoms with Gasteiger partial charge in [-0.15, -0.1) is 0 Å². The first-order valence-electron chi connectivity index (χ1n) is 8.85. The molecule has 0 spiro atoms. The largest absolute Gasteiger partial charge is 0.444 e. The van der Waals surface area contributed by atoms with Crippen LogP contribution >= 0.6 is 11.6 Å². The lowest BCUT2D eigenvalue weighted by atomic mass is 9.99. The summed E-state index contributed by atoms with van der Waals surface area (Å²) in [4.78, 5) is 13.2. The molecular formula is C21H21ClNO3+. The van der Waals surface area contributed by atoms with E-state index in [4.69, 9.17) is 20.8 Å². The second kappa shape index (κ2) is 6.78. The second-order valence-corrected chi connectivity index (χ2v) is 7.27. The molecule has 1 unspecified atom stereocenters. The number of benzene rings is 2. The van der Waals surface area contributed by atoms with Gasteiger partial charge in [-0.25, -0.2) is 4.79 Å². The molecule has 2 aromatic carbocycles. The number of fused-ring (bicyclic) bond motifs is 2. The Labute approximate surface area is 156 Å². The number of ether oxygens (including phenoxy) is 1. The SMILES string of the molecule is CCc1cc(=O)oc2c(C)c3c(cc12)C[NH+](Cc1ccc(Cl)cc1)CO3. The Morgan fingerprint density at radius 1 is 1.19 bits per heavy atom. The minimum atomic E-state index is -0.303. The van der Waals surface area contributed by atoms with Crippen molar-refractivity contribution < 1.29 is 14.1 Å². The maximum atomic E-state index is 11.8. The Balaban J connectivity index is 1.70. The minimum Gasteiger partial charge on any atom is -0.444 e. The highest BCUT2D eigenvalue weighted by atomic mass is 35.5. The maximum absolute atomic E-state index is 11.8. The van der Waals surface area contributed by atoms with E-state index in [2.05, 4.69) is 25.1 Å². The molecule has 0 radical (unpaired) electrons. The molecule has 1 N–H and O–H groups in total. The molecule has 0 fully saturated rings. The number of aryl methyl sites for hydroxylation is 2. The summed E-state index contributed by atoms with van der Waals surface area (Å²) in [6.07, 6.45) is 0.794. The van der Waals surface area contributed by atoms with Gasteiger partial charge >= 0.3 is 5.63 Å². The fourth-order valence-electron chi connectivity index (χ4n) is 3.70. The van der Waals surface area contributed by atoms with Crippen LogP contribution in [0.1, 0.15) is 29.2 Å². The van der Waals surface area contributed by atoms with Gasteiger partial charge in [0, 0.05) is 33.2 Å². The van der Waals surface area contributed by atoms with E-state index in [-0.39, 0.29) is 5.63 Å². The summed E-state index contributed by atoms with van der Waals surface area (Å²) in [6, 6.07) is 11.7. The zero-order chi connectivity index (χ0) is 18.3. The summed E-state index contributed by atoms with van der Waals surface area (Å²) in [5.74, 6) is 0.855. The summed E-state index contributed by atoms with van der Waals surface area (Å²) in [5.41, 5.74) is 4.67. The van der Waals surface area contributed by atoms with Crippen molar-refractivity contribution in [3.8, 4) is 5.75 Å². The highest BCUT2D eigenvalue weighted by Crippen LogP contribution is 2.33. The van der Waals surface area contributed by atoms with Crippen LogP contribution in [0.15, 0.2) is 45.6 Å². The van der Waals surface area contributed by atoms with Gasteiger partial charge in [0.1, 0.15) is 24.4 Å². The van der Waals surface area contributed by atoms with Gasteiger partial charge in [-0.2, -0.15) is 0 Å². The van der Waals surface area contributed by atoms with Crippen molar-refractivity contribution in [2.45, 2.75) is 33.4 Å². The number of hydrogen-bond donors (Lipinski definition) is 1. The molecule has 5 heteroatoms. The van der Waals surface area contributed by atoms with Crippen molar-refractivity contribution in [1.29, 1.82) is 0 Å². The summed E-state index contributed by atoms with van der Waals surface area (Å²) >= 11 is 5.97. The Hall–Kier alpha value is -2.30. The van der Waals surface area contributed by atoms with Crippen LogP contribution in [0.25, 0.3) is 11.0 Å². The van der Waals surface area contributed by atoms with Crippen LogP contribution < -0.4 is 15.3 Å². The van der Waals surface area contributed by atoms with Crippen LogP contribution in [-0.2, 0) is 19.5 Å². The van der Waals surface area contributed by atoms with Crippen LogP contribution in [0, 0.1) is 6.92 Å². The quantitative estimate of drug-likeness (QED) is 0.720. The van der Waals surface area contributed by atoms with E-state index < -0.39 is 0 Å². The number of rotatable bonds is 3. The van der Waals surface area contributed by atoms with E-state index in [1.807, 2.05) is 19.1 Å². The first kappa shape index (κ1) is 17.1. The molecule has 1 aliphatic heterocycles. The Kier molecular flexibility index (Phi) is 4.47. The molecule has 4 nitrogen and oxygen atoms in total. The summed E-state index contributed by atoms with van der Waals surface area (Å²) in [7, 11) is 0. The van der Waals surface area contributed by atoms with E-state index in [1.54, 1.807) is 6.07 Å². The van der Waals surface area contributed by atoms with Crippen LogP contribution in [0.2, 0.25) is 5.02 Å². The zero-order valence-electron chi connectivity index (χ0n) is 14.9. The van der Waals surface area contributed by atoms with Crippen molar-refractivity contribution in [3.05, 3.63) is 74.1 Å².